The minimum Gasteiger partial charge on any atom is -0.479 e. The average Bonchev–Trinajstić information content (AvgIpc) is 2.42. The van der Waals surface area contributed by atoms with Crippen molar-refractivity contribution in [3.05, 3.63) is 23.5 Å². The highest BCUT2D eigenvalue weighted by Crippen LogP contribution is 2.17. The molecule has 2 N–H and O–H groups in total. The van der Waals surface area contributed by atoms with E-state index in [2.05, 4.69) is 22.1 Å². The smallest absolute Gasteiger partial charge is 0.262 e. The van der Waals surface area contributed by atoms with Gasteiger partial charge in [0.05, 0.1) is 16.8 Å². The second kappa shape index (κ2) is 7.87. The number of nitrogens with one attached hydrogen (secondary N) is 1. The van der Waals surface area contributed by atoms with Gasteiger partial charge in [0.2, 0.25) is 0 Å². The molecule has 5 nitrogen and oxygen atoms in total. The van der Waals surface area contributed by atoms with Crippen LogP contribution in [-0.2, 0) is 4.79 Å². The van der Waals surface area contributed by atoms with Crippen LogP contribution in [0, 0.1) is 11.8 Å². The van der Waals surface area contributed by atoms with Gasteiger partial charge >= 0.3 is 0 Å². The molecule has 1 heterocycles. The first-order chi connectivity index (χ1) is 9.88. The zero-order valence-corrected chi connectivity index (χ0v) is 13.1. The maximum absolute atomic E-state index is 12.2. The molecule has 0 aliphatic heterocycles. The van der Waals surface area contributed by atoms with Crippen molar-refractivity contribution in [2.75, 3.05) is 6.61 Å². The van der Waals surface area contributed by atoms with Gasteiger partial charge in [-0.15, -0.1) is 0 Å². The van der Waals surface area contributed by atoms with Crippen LogP contribution < -0.4 is 10.1 Å². The number of halogens is 1. The van der Waals surface area contributed by atoms with E-state index in [0.717, 1.165) is 0 Å². The molecule has 0 spiro atoms. The number of hydrogen-bond acceptors (Lipinski definition) is 4. The number of nitrogens with zero attached hydrogens (tertiary/aromatic N) is 1. The predicted molar refractivity (Wildman–Crippen MR) is 81.0 cm³/mol. The Kier molecular flexibility index (Phi) is 6.47. The van der Waals surface area contributed by atoms with Crippen molar-refractivity contribution >= 4 is 17.5 Å². The fraction of sp³-hybridized carbons (Fsp3) is 0.467. The highest BCUT2D eigenvalue weighted by molar-refractivity contribution is 6.30. The number of aliphatic hydroxyl groups excluding tert-OH is 1. The van der Waals surface area contributed by atoms with Gasteiger partial charge in [-0.3, -0.25) is 9.78 Å². The fourth-order valence-corrected chi connectivity index (χ4v) is 1.79. The van der Waals surface area contributed by atoms with E-state index in [1.165, 1.54) is 12.4 Å². The Hall–Kier alpha value is -1.77. The molecule has 0 aliphatic rings. The second-order valence-electron chi connectivity index (χ2n) is 4.93. The summed E-state index contributed by atoms with van der Waals surface area (Å²) in [5.74, 6) is 5.45. The molecule has 1 aromatic rings. The van der Waals surface area contributed by atoms with Crippen molar-refractivity contribution in [1.29, 1.82) is 0 Å². The lowest BCUT2D eigenvalue weighted by Gasteiger charge is -2.24. The lowest BCUT2D eigenvalue weighted by atomic mass is 10.1. The highest BCUT2D eigenvalue weighted by atomic mass is 35.5. The van der Waals surface area contributed by atoms with Crippen LogP contribution >= 0.6 is 11.6 Å². The SMILES string of the molecule is CCC(Oc1cncc(Cl)c1)C(=O)NC(C)(C)C#CCO. The van der Waals surface area contributed by atoms with Gasteiger partial charge in [0.15, 0.2) is 6.10 Å². The molecule has 1 atom stereocenters. The summed E-state index contributed by atoms with van der Waals surface area (Å²) in [6.45, 7) is 5.10. The third-order valence-corrected chi connectivity index (χ3v) is 2.74. The van der Waals surface area contributed by atoms with Crippen molar-refractivity contribution < 1.29 is 14.6 Å². The third-order valence-electron chi connectivity index (χ3n) is 2.54. The number of hydrogen-bond donors (Lipinski definition) is 2. The van der Waals surface area contributed by atoms with E-state index < -0.39 is 11.6 Å². The van der Waals surface area contributed by atoms with E-state index in [-0.39, 0.29) is 12.5 Å². The summed E-state index contributed by atoms with van der Waals surface area (Å²) in [5.41, 5.74) is -0.747. The van der Waals surface area contributed by atoms with Crippen molar-refractivity contribution in [1.82, 2.24) is 10.3 Å². The Labute approximate surface area is 129 Å². The van der Waals surface area contributed by atoms with E-state index >= 15 is 0 Å². The first-order valence-electron chi connectivity index (χ1n) is 6.58. The van der Waals surface area contributed by atoms with Crippen molar-refractivity contribution in [2.45, 2.75) is 38.8 Å². The number of amides is 1. The van der Waals surface area contributed by atoms with Gasteiger partial charge in [-0.1, -0.05) is 30.4 Å². The number of aliphatic hydroxyl groups is 1. The van der Waals surface area contributed by atoms with Crippen molar-refractivity contribution in [3.63, 3.8) is 0 Å². The van der Waals surface area contributed by atoms with Gasteiger partial charge in [0, 0.05) is 12.3 Å². The molecule has 1 rings (SSSR count). The Bertz CT molecular complexity index is 549. The predicted octanol–water partition coefficient (Wildman–Crippen LogP) is 1.78. The largest absolute Gasteiger partial charge is 0.479 e. The van der Waals surface area contributed by atoms with Crippen LogP contribution in [0.4, 0.5) is 0 Å². The van der Waals surface area contributed by atoms with Crippen LogP contribution in [0.1, 0.15) is 27.2 Å². The van der Waals surface area contributed by atoms with E-state index in [0.29, 0.717) is 17.2 Å². The molecule has 21 heavy (non-hydrogen) atoms. The fourth-order valence-electron chi connectivity index (χ4n) is 1.62. The lowest BCUT2D eigenvalue weighted by Crippen LogP contribution is -2.48. The van der Waals surface area contributed by atoms with Gasteiger partial charge in [0.25, 0.3) is 5.91 Å². The number of ether oxygens (including phenoxy) is 1. The summed E-state index contributed by atoms with van der Waals surface area (Å²) >= 11 is 5.83. The quantitative estimate of drug-likeness (QED) is 0.813. The van der Waals surface area contributed by atoms with Gasteiger partial charge in [-0.05, 0) is 20.3 Å². The van der Waals surface area contributed by atoms with Gasteiger partial charge in [-0.2, -0.15) is 0 Å². The maximum atomic E-state index is 12.2. The standard InChI is InChI=1S/C15H19ClN2O3/c1-4-13(21-12-8-11(16)9-17-10-12)14(20)18-15(2,3)6-5-7-19/h8-10,13,19H,4,7H2,1-3H3,(H,18,20). The first-order valence-corrected chi connectivity index (χ1v) is 6.96. The van der Waals surface area contributed by atoms with Crippen LogP contribution in [-0.4, -0.2) is 34.2 Å². The molecule has 0 saturated carbocycles. The highest BCUT2D eigenvalue weighted by Gasteiger charge is 2.24. The molecule has 0 fully saturated rings. The Balaban J connectivity index is 2.73. The van der Waals surface area contributed by atoms with Crippen LogP contribution in [0.5, 0.6) is 5.75 Å². The molecule has 6 heteroatoms. The monoisotopic (exact) mass is 310 g/mol. The molecule has 1 amide bonds. The summed E-state index contributed by atoms with van der Waals surface area (Å²) < 4.78 is 5.60. The lowest BCUT2D eigenvalue weighted by molar-refractivity contribution is -0.129. The van der Waals surface area contributed by atoms with Crippen molar-refractivity contribution in [2.24, 2.45) is 0 Å². The van der Waals surface area contributed by atoms with Crippen molar-refractivity contribution in [3.8, 4) is 17.6 Å². The Morgan fingerprint density at radius 2 is 2.29 bits per heavy atom. The molecule has 0 aromatic carbocycles. The zero-order chi connectivity index (χ0) is 15.9. The van der Waals surface area contributed by atoms with E-state index in [9.17, 15) is 4.79 Å². The number of carbonyl (C=O) groups is 1. The normalized spacial score (nSPS) is 12.0. The van der Waals surface area contributed by atoms with Gasteiger partial charge < -0.3 is 15.2 Å². The number of carbonyl (C=O) groups excluding carboxylic acids is 1. The minimum atomic E-state index is -0.747. The van der Waals surface area contributed by atoms with Gasteiger partial charge in [0.1, 0.15) is 12.4 Å². The van der Waals surface area contributed by atoms with Crippen LogP contribution in [0.2, 0.25) is 5.02 Å². The van der Waals surface area contributed by atoms with Crippen LogP contribution in [0.3, 0.4) is 0 Å². The molecular formula is C15H19ClN2O3. The number of rotatable bonds is 5. The third kappa shape index (κ3) is 6.03. The molecular weight excluding hydrogens is 292 g/mol. The van der Waals surface area contributed by atoms with E-state index in [1.807, 2.05) is 6.92 Å². The first kappa shape index (κ1) is 17.3. The van der Waals surface area contributed by atoms with E-state index in [1.54, 1.807) is 19.9 Å². The molecule has 1 aromatic heterocycles. The average molecular weight is 311 g/mol. The molecule has 0 aliphatic carbocycles. The number of aromatic nitrogens is 1. The van der Waals surface area contributed by atoms with Crippen LogP contribution in [0.15, 0.2) is 18.5 Å². The second-order valence-corrected chi connectivity index (χ2v) is 5.36. The molecule has 1 unspecified atom stereocenters. The molecule has 0 bridgehead atoms. The van der Waals surface area contributed by atoms with Gasteiger partial charge in [-0.25, -0.2) is 0 Å². The Morgan fingerprint density at radius 3 is 2.86 bits per heavy atom. The number of pyridine rings is 1. The zero-order valence-electron chi connectivity index (χ0n) is 12.3. The topological polar surface area (TPSA) is 71.5 Å². The van der Waals surface area contributed by atoms with Crippen LogP contribution in [0.25, 0.3) is 0 Å². The molecule has 114 valence electrons. The summed E-state index contributed by atoms with van der Waals surface area (Å²) in [6, 6.07) is 1.60. The maximum Gasteiger partial charge on any atom is 0.262 e. The van der Waals surface area contributed by atoms with E-state index in [4.69, 9.17) is 21.4 Å². The summed E-state index contributed by atoms with van der Waals surface area (Å²) in [7, 11) is 0. The Morgan fingerprint density at radius 1 is 1.57 bits per heavy atom. The molecule has 0 radical (unpaired) electrons. The summed E-state index contributed by atoms with van der Waals surface area (Å²) in [5, 5.41) is 11.9. The minimum absolute atomic E-state index is 0.249. The molecule has 0 saturated heterocycles. The summed E-state index contributed by atoms with van der Waals surface area (Å²) in [4.78, 5) is 16.1. The summed E-state index contributed by atoms with van der Waals surface area (Å²) in [6.07, 6.45) is 2.81.